The number of hydrogen-bond donors (Lipinski definition) is 2. The molecule has 3 aromatic rings. The van der Waals surface area contributed by atoms with E-state index in [4.69, 9.17) is 5.73 Å². The third kappa shape index (κ3) is 4.11. The van der Waals surface area contributed by atoms with Crippen LogP contribution in [0.3, 0.4) is 0 Å². The summed E-state index contributed by atoms with van der Waals surface area (Å²) in [5.41, 5.74) is 6.21. The van der Waals surface area contributed by atoms with Crippen molar-refractivity contribution in [1.29, 1.82) is 0 Å². The van der Waals surface area contributed by atoms with E-state index in [9.17, 15) is 18.0 Å². The summed E-state index contributed by atoms with van der Waals surface area (Å²) in [6, 6.07) is 9.41. The first-order chi connectivity index (χ1) is 12.8. The smallest absolute Gasteiger partial charge is 0.369 e. The minimum Gasteiger partial charge on any atom is -0.369 e. The number of alkyl halides is 3. The third-order valence-corrected chi connectivity index (χ3v) is 4.21. The molecule has 0 spiro atoms. The van der Waals surface area contributed by atoms with Crippen LogP contribution in [0, 0.1) is 0 Å². The Hall–Kier alpha value is -2.87. The number of fused-ring (bicyclic) bond motifs is 1. The molecular weight excluding hydrogens is 357 g/mol. The molecule has 0 saturated heterocycles. The Bertz CT molecular complexity index is 979. The van der Waals surface area contributed by atoms with Gasteiger partial charge in [0.1, 0.15) is 0 Å². The summed E-state index contributed by atoms with van der Waals surface area (Å²) in [6.45, 7) is 2.54. The highest BCUT2D eigenvalue weighted by atomic mass is 19.4. The van der Waals surface area contributed by atoms with Crippen molar-refractivity contribution in [2.75, 3.05) is 6.54 Å². The van der Waals surface area contributed by atoms with Crippen LogP contribution < -0.4 is 11.1 Å². The van der Waals surface area contributed by atoms with E-state index in [2.05, 4.69) is 10.4 Å². The van der Waals surface area contributed by atoms with Crippen molar-refractivity contribution in [2.45, 2.75) is 26.1 Å². The van der Waals surface area contributed by atoms with Crippen LogP contribution >= 0.6 is 0 Å². The van der Waals surface area contributed by atoms with Gasteiger partial charge in [-0.1, -0.05) is 31.2 Å². The van der Waals surface area contributed by atoms with Gasteiger partial charge in [0.2, 0.25) is 5.91 Å². The second kappa shape index (κ2) is 7.40. The Morgan fingerprint density at radius 1 is 1.22 bits per heavy atom. The van der Waals surface area contributed by atoms with E-state index in [1.54, 1.807) is 30.5 Å². The zero-order valence-corrected chi connectivity index (χ0v) is 14.7. The van der Waals surface area contributed by atoms with Crippen molar-refractivity contribution in [3.63, 3.8) is 0 Å². The molecule has 8 heteroatoms. The summed E-state index contributed by atoms with van der Waals surface area (Å²) in [5, 5.41) is 8.02. The SMILES string of the molecule is CCNCc1ccc(-n2cc3cccc(CC(N)=O)c3n2)cc1C(F)(F)F. The molecule has 0 aliphatic rings. The minimum atomic E-state index is -4.47. The van der Waals surface area contributed by atoms with E-state index < -0.39 is 17.6 Å². The van der Waals surface area contributed by atoms with Gasteiger partial charge in [-0.05, 0) is 29.8 Å². The van der Waals surface area contributed by atoms with Gasteiger partial charge in [0.25, 0.3) is 0 Å². The molecular formula is C19H19F3N4O. The topological polar surface area (TPSA) is 72.9 Å². The van der Waals surface area contributed by atoms with Crippen molar-refractivity contribution in [1.82, 2.24) is 15.1 Å². The van der Waals surface area contributed by atoms with Gasteiger partial charge in [-0.15, -0.1) is 0 Å². The maximum Gasteiger partial charge on any atom is 0.416 e. The van der Waals surface area contributed by atoms with E-state index in [0.29, 0.717) is 23.3 Å². The van der Waals surface area contributed by atoms with Gasteiger partial charge in [-0.2, -0.15) is 18.3 Å². The highest BCUT2D eigenvalue weighted by molar-refractivity contribution is 5.87. The number of hydrogen-bond acceptors (Lipinski definition) is 3. The Balaban J connectivity index is 2.07. The normalized spacial score (nSPS) is 11.9. The molecule has 0 saturated carbocycles. The quantitative estimate of drug-likeness (QED) is 0.694. The van der Waals surface area contributed by atoms with Gasteiger partial charge in [0, 0.05) is 18.1 Å². The van der Waals surface area contributed by atoms with Crippen LogP contribution in [-0.4, -0.2) is 22.2 Å². The summed E-state index contributed by atoms with van der Waals surface area (Å²) in [5.74, 6) is -0.496. The molecule has 2 aromatic carbocycles. The lowest BCUT2D eigenvalue weighted by atomic mass is 10.1. The number of nitrogens with zero attached hydrogens (tertiary/aromatic N) is 2. The van der Waals surface area contributed by atoms with Crippen LogP contribution in [0.5, 0.6) is 0 Å². The van der Waals surface area contributed by atoms with Crippen LogP contribution in [0.1, 0.15) is 23.6 Å². The fourth-order valence-corrected chi connectivity index (χ4v) is 2.95. The number of benzene rings is 2. The molecule has 1 amide bonds. The molecule has 142 valence electrons. The van der Waals surface area contributed by atoms with E-state index in [0.717, 1.165) is 11.5 Å². The van der Waals surface area contributed by atoms with Gasteiger partial charge >= 0.3 is 6.18 Å². The lowest BCUT2D eigenvalue weighted by Crippen LogP contribution is -2.17. The van der Waals surface area contributed by atoms with Crippen molar-refractivity contribution >= 4 is 16.8 Å². The molecule has 1 heterocycles. The highest BCUT2D eigenvalue weighted by Crippen LogP contribution is 2.33. The summed E-state index contributed by atoms with van der Waals surface area (Å²) >= 11 is 0. The molecule has 3 N–H and O–H groups in total. The fourth-order valence-electron chi connectivity index (χ4n) is 2.95. The van der Waals surface area contributed by atoms with Crippen molar-refractivity contribution in [2.24, 2.45) is 5.73 Å². The first-order valence-electron chi connectivity index (χ1n) is 8.46. The largest absolute Gasteiger partial charge is 0.416 e. The van der Waals surface area contributed by atoms with Crippen LogP contribution in [-0.2, 0) is 23.9 Å². The Labute approximate surface area is 154 Å². The van der Waals surface area contributed by atoms with Gasteiger partial charge in [0.05, 0.1) is 23.2 Å². The van der Waals surface area contributed by atoms with Crippen LogP contribution in [0.15, 0.2) is 42.6 Å². The molecule has 0 radical (unpaired) electrons. The molecule has 5 nitrogen and oxygen atoms in total. The second-order valence-corrected chi connectivity index (χ2v) is 6.19. The van der Waals surface area contributed by atoms with E-state index in [-0.39, 0.29) is 18.5 Å². The molecule has 0 fully saturated rings. The number of nitrogens with one attached hydrogen (secondary N) is 1. The van der Waals surface area contributed by atoms with E-state index in [1.165, 1.54) is 10.7 Å². The van der Waals surface area contributed by atoms with Gasteiger partial charge in [-0.3, -0.25) is 4.79 Å². The molecule has 0 aliphatic carbocycles. The number of halogens is 3. The molecule has 0 aliphatic heterocycles. The number of amides is 1. The Kier molecular flexibility index (Phi) is 5.18. The van der Waals surface area contributed by atoms with Crippen LogP contribution in [0.4, 0.5) is 13.2 Å². The van der Waals surface area contributed by atoms with Crippen molar-refractivity contribution < 1.29 is 18.0 Å². The van der Waals surface area contributed by atoms with Crippen molar-refractivity contribution in [3.05, 3.63) is 59.3 Å². The van der Waals surface area contributed by atoms with Crippen LogP contribution in [0.2, 0.25) is 0 Å². The average Bonchev–Trinajstić information content (AvgIpc) is 3.04. The van der Waals surface area contributed by atoms with Gasteiger partial charge in [-0.25, -0.2) is 4.68 Å². The maximum absolute atomic E-state index is 13.5. The summed E-state index contributed by atoms with van der Waals surface area (Å²) in [4.78, 5) is 11.2. The number of carbonyl (C=O) groups is 1. The van der Waals surface area contributed by atoms with Crippen molar-refractivity contribution in [3.8, 4) is 5.69 Å². The first kappa shape index (κ1) is 18.9. The lowest BCUT2D eigenvalue weighted by molar-refractivity contribution is -0.138. The average molecular weight is 376 g/mol. The molecule has 1 aromatic heterocycles. The van der Waals surface area contributed by atoms with Gasteiger partial charge in [0.15, 0.2) is 0 Å². The van der Waals surface area contributed by atoms with E-state index >= 15 is 0 Å². The number of primary amides is 1. The third-order valence-electron chi connectivity index (χ3n) is 4.21. The predicted molar refractivity (Wildman–Crippen MR) is 96.4 cm³/mol. The summed E-state index contributed by atoms with van der Waals surface area (Å²) in [7, 11) is 0. The summed E-state index contributed by atoms with van der Waals surface area (Å²) < 4.78 is 41.8. The monoisotopic (exact) mass is 376 g/mol. The molecule has 0 unspecified atom stereocenters. The van der Waals surface area contributed by atoms with Gasteiger partial charge < -0.3 is 11.1 Å². The predicted octanol–water partition coefficient (Wildman–Crippen LogP) is 3.18. The first-order valence-corrected chi connectivity index (χ1v) is 8.46. The highest BCUT2D eigenvalue weighted by Gasteiger charge is 2.33. The minimum absolute atomic E-state index is 0.0176. The fraction of sp³-hybridized carbons (Fsp3) is 0.263. The standard InChI is InChI=1S/C19H19F3N4O/c1-2-24-10-13-6-7-15(9-16(13)19(20,21)22)26-11-14-5-3-4-12(8-17(23)27)18(14)25-26/h3-7,9,11,24H,2,8,10H2,1H3,(H2,23,27). The maximum atomic E-state index is 13.5. The zero-order valence-electron chi connectivity index (χ0n) is 14.7. The number of nitrogens with two attached hydrogens (primary N) is 1. The Morgan fingerprint density at radius 2 is 2.00 bits per heavy atom. The molecule has 0 atom stereocenters. The lowest BCUT2D eigenvalue weighted by Gasteiger charge is -2.15. The van der Waals surface area contributed by atoms with Crippen LogP contribution in [0.25, 0.3) is 16.6 Å². The number of carbonyl (C=O) groups excluding carboxylic acids is 1. The number of rotatable bonds is 6. The zero-order chi connectivity index (χ0) is 19.6. The molecule has 27 heavy (non-hydrogen) atoms. The molecule has 0 bridgehead atoms. The van der Waals surface area contributed by atoms with E-state index in [1.807, 2.05) is 6.92 Å². The Morgan fingerprint density at radius 3 is 2.67 bits per heavy atom. The second-order valence-electron chi connectivity index (χ2n) is 6.19. The number of aromatic nitrogens is 2. The molecule has 3 rings (SSSR count). The summed E-state index contributed by atoms with van der Waals surface area (Å²) in [6.07, 6.45) is -2.81.